The summed E-state index contributed by atoms with van der Waals surface area (Å²) in [5.74, 6) is 0.713. The van der Waals surface area contributed by atoms with Crippen molar-refractivity contribution in [3.8, 4) is 5.69 Å². The average Bonchev–Trinajstić information content (AvgIpc) is 3.08. The van der Waals surface area contributed by atoms with Crippen LogP contribution in [0.15, 0.2) is 30.3 Å². The Hall–Kier alpha value is -2.92. The zero-order valence-electron chi connectivity index (χ0n) is 20.7. The quantitative estimate of drug-likeness (QED) is 0.441. The number of alkyl halides is 3. The average molecular weight is 548 g/mol. The molecule has 0 unspecified atom stereocenters. The van der Waals surface area contributed by atoms with Crippen molar-refractivity contribution >= 4 is 23.4 Å². The zero-order chi connectivity index (χ0) is 26.4. The van der Waals surface area contributed by atoms with Crippen molar-refractivity contribution in [1.82, 2.24) is 24.6 Å². The highest BCUT2D eigenvalue weighted by atomic mass is 35.5. The van der Waals surface area contributed by atoms with Crippen molar-refractivity contribution in [3.05, 3.63) is 58.3 Å². The summed E-state index contributed by atoms with van der Waals surface area (Å²) in [6.07, 6.45) is -3.94. The van der Waals surface area contributed by atoms with Gasteiger partial charge in [0.2, 0.25) is 5.95 Å². The number of benzene rings is 1. The second-order valence-electron chi connectivity index (χ2n) is 11.2. The molecule has 0 radical (unpaired) electrons. The van der Waals surface area contributed by atoms with E-state index in [1.165, 1.54) is 6.07 Å². The van der Waals surface area contributed by atoms with Gasteiger partial charge in [0, 0.05) is 49.2 Å². The first-order chi connectivity index (χ1) is 18.1. The molecule has 12 heteroatoms. The van der Waals surface area contributed by atoms with Crippen molar-refractivity contribution in [3.63, 3.8) is 0 Å². The molecule has 1 aromatic carbocycles. The van der Waals surface area contributed by atoms with Gasteiger partial charge in [0.15, 0.2) is 5.82 Å². The second-order valence-corrected chi connectivity index (χ2v) is 11.7. The number of rotatable bonds is 3. The van der Waals surface area contributed by atoms with Gasteiger partial charge < -0.3 is 9.80 Å². The highest BCUT2D eigenvalue weighted by molar-refractivity contribution is 6.30. The third-order valence-electron chi connectivity index (χ3n) is 8.52. The molecule has 4 aliphatic rings. The maximum Gasteiger partial charge on any atom is 0.391 e. The van der Waals surface area contributed by atoms with E-state index in [2.05, 4.69) is 29.9 Å². The molecule has 5 heterocycles. The largest absolute Gasteiger partial charge is 0.391 e. The molecule has 7 rings (SSSR count). The molecule has 0 N–H and O–H groups in total. The molecule has 0 bridgehead atoms. The van der Waals surface area contributed by atoms with E-state index in [-0.39, 0.29) is 30.1 Å². The summed E-state index contributed by atoms with van der Waals surface area (Å²) >= 11 is 6.33. The maximum atomic E-state index is 13.6. The Morgan fingerprint density at radius 2 is 1.71 bits per heavy atom. The van der Waals surface area contributed by atoms with Crippen molar-refractivity contribution in [2.45, 2.75) is 45.1 Å². The van der Waals surface area contributed by atoms with Crippen LogP contribution in [0.4, 0.5) is 29.3 Å². The predicted molar refractivity (Wildman–Crippen MR) is 134 cm³/mol. The topological polar surface area (TPSA) is 53.3 Å². The van der Waals surface area contributed by atoms with Crippen LogP contribution in [0.1, 0.15) is 29.9 Å². The summed E-state index contributed by atoms with van der Waals surface area (Å²) in [5, 5.41) is 9.61. The maximum absolute atomic E-state index is 13.6. The highest BCUT2D eigenvalue weighted by Gasteiger charge is 2.54. The van der Waals surface area contributed by atoms with Crippen LogP contribution in [0.3, 0.4) is 0 Å². The van der Waals surface area contributed by atoms with Crippen LogP contribution in [0, 0.1) is 24.1 Å². The molecular weight excluding hydrogens is 522 g/mol. The lowest BCUT2D eigenvalue weighted by molar-refractivity contribution is -0.207. The Morgan fingerprint density at radius 1 is 0.974 bits per heavy atom. The number of hydrogen-bond acceptors (Lipinski definition) is 6. The number of aryl methyl sites for hydroxylation is 1. The molecule has 2 saturated heterocycles. The monoisotopic (exact) mass is 547 g/mol. The lowest BCUT2D eigenvalue weighted by Crippen LogP contribution is -2.73. The molecule has 1 saturated carbocycles. The summed E-state index contributed by atoms with van der Waals surface area (Å²) in [6, 6.07) is 8.68. The Kier molecular flexibility index (Phi) is 5.27. The van der Waals surface area contributed by atoms with Gasteiger partial charge in [0.25, 0.3) is 0 Å². The molecule has 0 atom stereocenters. The van der Waals surface area contributed by atoms with Crippen LogP contribution in [-0.4, -0.2) is 63.0 Å². The third-order valence-corrected chi connectivity index (χ3v) is 8.76. The summed E-state index contributed by atoms with van der Waals surface area (Å²) in [5.41, 5.74) is 2.39. The van der Waals surface area contributed by atoms with Gasteiger partial charge in [-0.05, 0) is 55.7 Å². The first kappa shape index (κ1) is 24.1. The van der Waals surface area contributed by atoms with Crippen LogP contribution in [0.2, 0.25) is 5.02 Å². The number of fused-ring (bicyclic) bond motifs is 3. The summed E-state index contributed by atoms with van der Waals surface area (Å²) < 4.78 is 55.1. The summed E-state index contributed by atoms with van der Waals surface area (Å²) in [4.78, 5) is 10.8. The fourth-order valence-electron chi connectivity index (χ4n) is 6.36. The molecule has 1 aliphatic carbocycles. The van der Waals surface area contributed by atoms with Gasteiger partial charge in [-0.15, -0.1) is 10.2 Å². The molecular formula is C26H26ClF4N7. The van der Waals surface area contributed by atoms with Gasteiger partial charge in [0.1, 0.15) is 11.6 Å². The van der Waals surface area contributed by atoms with Crippen molar-refractivity contribution in [2.24, 2.45) is 11.3 Å². The lowest BCUT2D eigenvalue weighted by atomic mass is 9.73. The molecule has 7 nitrogen and oxygen atoms in total. The van der Waals surface area contributed by atoms with Crippen molar-refractivity contribution < 1.29 is 17.6 Å². The van der Waals surface area contributed by atoms with Gasteiger partial charge in [0.05, 0.1) is 23.8 Å². The minimum Gasteiger partial charge on any atom is -0.355 e. The van der Waals surface area contributed by atoms with E-state index in [0.717, 1.165) is 55.0 Å². The summed E-state index contributed by atoms with van der Waals surface area (Å²) in [6.45, 7) is 5.90. The first-order valence-corrected chi connectivity index (χ1v) is 13.1. The molecule has 3 aromatic rings. The van der Waals surface area contributed by atoms with E-state index < -0.39 is 12.1 Å². The Balaban J connectivity index is 1.10. The van der Waals surface area contributed by atoms with Gasteiger partial charge in [-0.2, -0.15) is 13.2 Å². The van der Waals surface area contributed by atoms with Crippen molar-refractivity contribution in [1.29, 1.82) is 0 Å². The van der Waals surface area contributed by atoms with Crippen molar-refractivity contribution in [2.75, 3.05) is 36.0 Å². The molecule has 200 valence electrons. The number of anilines is 2. The van der Waals surface area contributed by atoms with E-state index in [0.29, 0.717) is 23.8 Å². The Bertz CT molecular complexity index is 1400. The second kappa shape index (κ2) is 8.29. The normalized spacial score (nSPS) is 24.3. The molecule has 38 heavy (non-hydrogen) atoms. The van der Waals surface area contributed by atoms with E-state index >= 15 is 0 Å². The minimum atomic E-state index is -4.15. The number of halogens is 5. The number of aromatic nitrogens is 4. The number of hydrogen-bond donors (Lipinski definition) is 0. The molecule has 3 fully saturated rings. The standard InChI is InChI=1S/C26H26ClF4N7/c1-15-20(28)3-5-22(32-15)36-11-25(12-36)13-37(14-25)24-34-33-23-10-35(19-7-17(8-19)26(29,30)31)9-16-6-18(27)2-4-21(16)38(23)24/h2-6,17,19H,7-14H2,1H3. The van der Waals surface area contributed by atoms with Gasteiger partial charge in [-0.3, -0.25) is 9.47 Å². The Morgan fingerprint density at radius 3 is 2.42 bits per heavy atom. The van der Waals surface area contributed by atoms with E-state index in [9.17, 15) is 17.6 Å². The number of nitrogens with zero attached hydrogens (tertiary/aromatic N) is 7. The van der Waals surface area contributed by atoms with E-state index in [1.807, 2.05) is 22.8 Å². The van der Waals surface area contributed by atoms with Crippen LogP contribution in [0.5, 0.6) is 0 Å². The molecule has 1 spiro atoms. The molecule has 3 aliphatic heterocycles. The molecule has 0 amide bonds. The van der Waals surface area contributed by atoms with Crippen LogP contribution >= 0.6 is 11.6 Å². The SMILES string of the molecule is Cc1nc(N2CC3(C2)CN(c2nnc4n2-c2ccc(Cl)cc2CN(C2CC(C(F)(F)F)C2)C4)C3)ccc1F. The first-order valence-electron chi connectivity index (χ1n) is 12.8. The zero-order valence-corrected chi connectivity index (χ0v) is 21.5. The van der Waals surface area contributed by atoms with Gasteiger partial charge >= 0.3 is 6.18 Å². The predicted octanol–water partition coefficient (Wildman–Crippen LogP) is 4.75. The lowest BCUT2D eigenvalue weighted by Gasteiger charge is -2.60. The van der Waals surface area contributed by atoms with Crippen LogP contribution < -0.4 is 9.80 Å². The highest BCUT2D eigenvalue weighted by Crippen LogP contribution is 2.46. The summed E-state index contributed by atoms with van der Waals surface area (Å²) in [7, 11) is 0. The minimum absolute atomic E-state index is 0.105. The smallest absolute Gasteiger partial charge is 0.355 e. The fraction of sp³-hybridized carbons (Fsp3) is 0.500. The number of pyridine rings is 1. The van der Waals surface area contributed by atoms with E-state index in [4.69, 9.17) is 11.6 Å². The van der Waals surface area contributed by atoms with Crippen LogP contribution in [-0.2, 0) is 13.1 Å². The fourth-order valence-corrected chi connectivity index (χ4v) is 6.56. The molecule has 2 aromatic heterocycles. The van der Waals surface area contributed by atoms with Crippen LogP contribution in [0.25, 0.3) is 5.69 Å². The van der Waals surface area contributed by atoms with Gasteiger partial charge in [-0.25, -0.2) is 9.37 Å². The van der Waals surface area contributed by atoms with Gasteiger partial charge in [-0.1, -0.05) is 11.6 Å². The van der Waals surface area contributed by atoms with E-state index in [1.54, 1.807) is 13.0 Å². The third kappa shape index (κ3) is 3.85. The Labute approximate surface area is 222 Å².